The van der Waals surface area contributed by atoms with Gasteiger partial charge in [-0.25, -0.2) is 0 Å². The summed E-state index contributed by atoms with van der Waals surface area (Å²) in [5, 5.41) is 3.95. The van der Waals surface area contributed by atoms with Crippen LogP contribution in [0.5, 0.6) is 0 Å². The van der Waals surface area contributed by atoms with Gasteiger partial charge in [-0.2, -0.15) is 0 Å². The van der Waals surface area contributed by atoms with E-state index in [0.29, 0.717) is 23.8 Å². The van der Waals surface area contributed by atoms with Crippen LogP contribution in [0.15, 0.2) is 10.6 Å². The lowest BCUT2D eigenvalue weighted by Crippen LogP contribution is -2.41. The second-order valence-corrected chi connectivity index (χ2v) is 6.56. The Labute approximate surface area is 123 Å². The van der Waals surface area contributed by atoms with E-state index >= 15 is 0 Å². The average Bonchev–Trinajstić information content (AvgIpc) is 2.93. The molecule has 0 bridgehead atoms. The average molecular weight is 288 g/mol. The predicted molar refractivity (Wildman–Crippen MR) is 74.9 cm³/mol. The van der Waals surface area contributed by atoms with Gasteiger partial charge < -0.3 is 9.42 Å². The first kappa shape index (κ1) is 13.0. The molecule has 1 aromatic rings. The summed E-state index contributed by atoms with van der Waals surface area (Å²) in [5.41, 5.74) is 0.411. The van der Waals surface area contributed by atoms with Crippen molar-refractivity contribution in [3.05, 3.63) is 17.5 Å². The summed E-state index contributed by atoms with van der Waals surface area (Å²) in [4.78, 5) is 26.5. The smallest absolute Gasteiger partial charge is 0.276 e. The predicted octanol–water partition coefficient (Wildman–Crippen LogP) is 2.53. The third-order valence-corrected chi connectivity index (χ3v) is 5.10. The van der Waals surface area contributed by atoms with Crippen molar-refractivity contribution in [2.75, 3.05) is 6.54 Å². The molecule has 21 heavy (non-hydrogen) atoms. The van der Waals surface area contributed by atoms with E-state index in [4.69, 9.17) is 4.52 Å². The molecule has 0 aromatic carbocycles. The second-order valence-electron chi connectivity index (χ2n) is 6.56. The van der Waals surface area contributed by atoms with E-state index in [1.165, 1.54) is 0 Å². The number of likely N-dealkylation sites (tertiary alicyclic amines) is 1. The second kappa shape index (κ2) is 4.97. The Morgan fingerprint density at radius 3 is 2.81 bits per heavy atom. The van der Waals surface area contributed by atoms with Gasteiger partial charge in [-0.15, -0.1) is 0 Å². The molecule has 3 fully saturated rings. The summed E-state index contributed by atoms with van der Waals surface area (Å²) in [6, 6.07) is 1.87. The van der Waals surface area contributed by atoms with Gasteiger partial charge in [0.1, 0.15) is 11.5 Å². The van der Waals surface area contributed by atoms with Gasteiger partial charge in [0, 0.05) is 36.9 Å². The van der Waals surface area contributed by atoms with Gasteiger partial charge in [-0.1, -0.05) is 5.16 Å². The number of hydrogen-bond donors (Lipinski definition) is 0. The van der Waals surface area contributed by atoms with E-state index < -0.39 is 0 Å². The van der Waals surface area contributed by atoms with Crippen molar-refractivity contribution in [3.63, 3.8) is 0 Å². The summed E-state index contributed by atoms with van der Waals surface area (Å²) in [6.45, 7) is 0.735. The Bertz CT molecular complexity index is 576. The Balaban J connectivity index is 1.52. The van der Waals surface area contributed by atoms with Crippen LogP contribution in [0.3, 0.4) is 0 Å². The molecule has 5 nitrogen and oxygen atoms in total. The Morgan fingerprint density at radius 2 is 2.10 bits per heavy atom. The van der Waals surface area contributed by atoms with Crippen LogP contribution >= 0.6 is 0 Å². The summed E-state index contributed by atoms with van der Waals surface area (Å²) < 4.78 is 5.29. The maximum Gasteiger partial charge on any atom is 0.276 e. The van der Waals surface area contributed by atoms with Crippen LogP contribution in [0.4, 0.5) is 0 Å². The molecule has 5 heteroatoms. The molecule has 2 aliphatic carbocycles. The van der Waals surface area contributed by atoms with Crippen LogP contribution in [-0.2, 0) is 4.79 Å². The Hall–Kier alpha value is -1.65. The monoisotopic (exact) mass is 288 g/mol. The quantitative estimate of drug-likeness (QED) is 0.857. The lowest BCUT2D eigenvalue weighted by Gasteiger charge is -2.27. The minimum absolute atomic E-state index is 0.0475. The molecule has 2 atom stereocenters. The van der Waals surface area contributed by atoms with Crippen molar-refractivity contribution < 1.29 is 14.1 Å². The summed E-state index contributed by atoms with van der Waals surface area (Å²) in [5.74, 6) is 1.62. The number of carbonyl (C=O) groups is 2. The van der Waals surface area contributed by atoms with E-state index in [1.54, 1.807) is 6.07 Å². The molecule has 2 saturated carbocycles. The van der Waals surface area contributed by atoms with Crippen LogP contribution in [0.2, 0.25) is 0 Å². The molecule has 0 spiro atoms. The first-order valence-electron chi connectivity index (χ1n) is 8.04. The number of hydrogen-bond acceptors (Lipinski definition) is 4. The highest BCUT2D eigenvalue weighted by Gasteiger charge is 2.41. The number of amides is 1. The van der Waals surface area contributed by atoms with Crippen LogP contribution < -0.4 is 0 Å². The number of Topliss-reactive ketones (excluding diaryl/α,β-unsaturated/α-hetero) is 1. The fraction of sp³-hybridized carbons (Fsp3) is 0.688. The normalized spacial score (nSPS) is 29.3. The van der Waals surface area contributed by atoms with Crippen molar-refractivity contribution in [1.82, 2.24) is 10.1 Å². The Morgan fingerprint density at radius 1 is 1.24 bits per heavy atom. The highest BCUT2D eigenvalue weighted by atomic mass is 16.5. The van der Waals surface area contributed by atoms with Crippen LogP contribution in [0, 0.1) is 5.92 Å². The zero-order valence-electron chi connectivity index (χ0n) is 12.1. The van der Waals surface area contributed by atoms with Crippen molar-refractivity contribution >= 4 is 11.7 Å². The third-order valence-electron chi connectivity index (χ3n) is 5.10. The first-order chi connectivity index (χ1) is 10.2. The third kappa shape index (κ3) is 2.28. The molecular formula is C16H20N2O3. The molecule has 4 rings (SSSR count). The van der Waals surface area contributed by atoms with Crippen molar-refractivity contribution in [1.29, 1.82) is 0 Å². The van der Waals surface area contributed by atoms with Crippen molar-refractivity contribution in [2.45, 2.75) is 56.9 Å². The van der Waals surface area contributed by atoms with Crippen molar-refractivity contribution in [3.8, 4) is 0 Å². The summed E-state index contributed by atoms with van der Waals surface area (Å²) in [7, 11) is 0. The maximum absolute atomic E-state index is 12.7. The molecule has 3 aliphatic rings. The van der Waals surface area contributed by atoms with Gasteiger partial charge >= 0.3 is 0 Å². The Kier molecular flexibility index (Phi) is 3.08. The van der Waals surface area contributed by atoms with Gasteiger partial charge in [-0.05, 0) is 38.5 Å². The molecule has 2 heterocycles. The summed E-state index contributed by atoms with van der Waals surface area (Å²) >= 11 is 0. The van der Waals surface area contributed by atoms with Gasteiger partial charge in [0.15, 0.2) is 5.69 Å². The number of ketones is 1. The van der Waals surface area contributed by atoms with Gasteiger partial charge in [0.2, 0.25) is 0 Å². The maximum atomic E-state index is 12.7. The highest BCUT2D eigenvalue weighted by molar-refractivity contribution is 5.93. The largest absolute Gasteiger partial charge is 0.360 e. The zero-order valence-corrected chi connectivity index (χ0v) is 12.1. The molecule has 0 unspecified atom stereocenters. The van der Waals surface area contributed by atoms with E-state index in [0.717, 1.165) is 50.8 Å². The molecule has 1 aliphatic heterocycles. The zero-order chi connectivity index (χ0) is 14.4. The number of rotatable bonds is 3. The molecule has 112 valence electrons. The summed E-state index contributed by atoms with van der Waals surface area (Å²) in [6.07, 6.45) is 6.76. The molecule has 1 aromatic heterocycles. The molecular weight excluding hydrogens is 268 g/mol. The molecule has 0 N–H and O–H groups in total. The van der Waals surface area contributed by atoms with Crippen LogP contribution in [0.25, 0.3) is 0 Å². The molecule has 0 radical (unpaired) electrons. The van der Waals surface area contributed by atoms with Gasteiger partial charge in [-0.3, -0.25) is 9.59 Å². The van der Waals surface area contributed by atoms with Crippen molar-refractivity contribution in [2.24, 2.45) is 5.92 Å². The minimum atomic E-state index is -0.0622. The molecule has 1 amide bonds. The SMILES string of the molecule is O=C1CCC[C@@H]1[C@@H]1CCCN1C(=O)c1cc(C2CC2)on1. The van der Waals surface area contributed by atoms with Gasteiger partial charge in [0.25, 0.3) is 5.91 Å². The van der Waals surface area contributed by atoms with Crippen LogP contribution in [0.1, 0.15) is 67.1 Å². The highest BCUT2D eigenvalue weighted by Crippen LogP contribution is 2.40. The van der Waals surface area contributed by atoms with Crippen LogP contribution in [-0.4, -0.2) is 34.3 Å². The van der Waals surface area contributed by atoms with E-state index in [-0.39, 0.29) is 17.9 Å². The fourth-order valence-electron chi connectivity index (χ4n) is 3.81. The first-order valence-corrected chi connectivity index (χ1v) is 8.04. The van der Waals surface area contributed by atoms with E-state index in [1.807, 2.05) is 4.90 Å². The fourth-order valence-corrected chi connectivity index (χ4v) is 3.81. The molecule has 1 saturated heterocycles. The minimum Gasteiger partial charge on any atom is -0.360 e. The van der Waals surface area contributed by atoms with E-state index in [9.17, 15) is 9.59 Å². The van der Waals surface area contributed by atoms with Gasteiger partial charge in [0.05, 0.1) is 0 Å². The van der Waals surface area contributed by atoms with E-state index in [2.05, 4.69) is 5.16 Å². The standard InChI is InChI=1S/C16H20N2O3/c19-14-5-1-3-11(14)13-4-2-8-18(13)16(20)12-9-15(21-17-12)10-6-7-10/h9-11,13H,1-8H2/t11-,13+/m1/s1. The lowest BCUT2D eigenvalue weighted by molar-refractivity contribution is -0.121. The lowest BCUT2D eigenvalue weighted by atomic mass is 9.95. The number of carbonyl (C=O) groups excluding carboxylic acids is 2. The number of nitrogens with zero attached hydrogens (tertiary/aromatic N) is 2. The number of aromatic nitrogens is 1. The topological polar surface area (TPSA) is 63.4 Å².